The van der Waals surface area contributed by atoms with E-state index in [0.29, 0.717) is 17.9 Å². The van der Waals surface area contributed by atoms with Crippen molar-refractivity contribution >= 4 is 23.5 Å². The predicted octanol–water partition coefficient (Wildman–Crippen LogP) is 3.18. The highest BCUT2D eigenvalue weighted by Gasteiger charge is 2.22. The lowest BCUT2D eigenvalue weighted by Crippen LogP contribution is -2.38. The first kappa shape index (κ1) is 18.5. The van der Waals surface area contributed by atoms with Gasteiger partial charge in [0, 0.05) is 30.7 Å². The summed E-state index contributed by atoms with van der Waals surface area (Å²) in [5.74, 6) is -0.289. The van der Waals surface area contributed by atoms with E-state index in [9.17, 15) is 4.79 Å². The molecule has 1 aromatic carbocycles. The zero-order valence-corrected chi connectivity index (χ0v) is 13.8. The molecule has 0 fully saturated rings. The zero-order chi connectivity index (χ0) is 17.2. The van der Waals surface area contributed by atoms with Crippen LogP contribution in [-0.4, -0.2) is 39.5 Å². The van der Waals surface area contributed by atoms with Crippen LogP contribution < -0.4 is 4.90 Å². The molecule has 1 unspecified atom stereocenters. The number of para-hydroxylation sites is 1. The molecule has 0 N–H and O–H groups in total. The van der Waals surface area contributed by atoms with E-state index in [1.807, 2.05) is 19.9 Å². The van der Waals surface area contributed by atoms with Crippen molar-refractivity contribution in [3.63, 3.8) is 0 Å². The van der Waals surface area contributed by atoms with E-state index in [1.165, 1.54) is 14.2 Å². The number of benzene rings is 1. The van der Waals surface area contributed by atoms with Crippen LogP contribution in [0.5, 0.6) is 0 Å². The third-order valence-electron chi connectivity index (χ3n) is 3.10. The number of rotatable bonds is 8. The second-order valence-electron chi connectivity index (χ2n) is 4.98. The number of methoxy groups -OCH3 is 1. The Kier molecular flexibility index (Phi) is 7.59. The lowest BCUT2D eigenvalue weighted by molar-refractivity contribution is -0.122. The molecule has 8 heteroatoms. The van der Waals surface area contributed by atoms with Gasteiger partial charge in [0.05, 0.1) is 11.4 Å². The van der Waals surface area contributed by atoms with E-state index in [4.69, 9.17) is 10.3 Å². The first-order chi connectivity index (χ1) is 11.0. The molecular formula is C15H21N5O3. The summed E-state index contributed by atoms with van der Waals surface area (Å²) < 4.78 is 4.96. The van der Waals surface area contributed by atoms with Crippen LogP contribution in [0, 0.1) is 12.8 Å². The Morgan fingerprint density at radius 1 is 1.48 bits per heavy atom. The standard InChI is InChI=1S/C15H21N5O3/c1-11(8-17-23-4)9-20(14(21)10-22-3)15-12(2)6-5-7-13(15)18-19-16/h5-8,11H,9-10H2,1-4H3. The Morgan fingerprint density at radius 2 is 2.22 bits per heavy atom. The molecule has 0 radical (unpaired) electrons. The van der Waals surface area contributed by atoms with Gasteiger partial charge < -0.3 is 14.5 Å². The monoisotopic (exact) mass is 319 g/mol. The van der Waals surface area contributed by atoms with E-state index < -0.39 is 0 Å². The van der Waals surface area contributed by atoms with Gasteiger partial charge in [-0.2, -0.15) is 0 Å². The van der Waals surface area contributed by atoms with E-state index in [1.54, 1.807) is 23.2 Å². The van der Waals surface area contributed by atoms with E-state index >= 15 is 0 Å². The molecule has 0 heterocycles. The highest BCUT2D eigenvalue weighted by Crippen LogP contribution is 2.33. The fourth-order valence-electron chi connectivity index (χ4n) is 2.14. The number of amides is 1. The Morgan fingerprint density at radius 3 is 2.83 bits per heavy atom. The Labute approximate surface area is 135 Å². The van der Waals surface area contributed by atoms with Gasteiger partial charge in [0.15, 0.2) is 0 Å². The number of anilines is 1. The largest absolute Gasteiger partial charge is 0.399 e. The molecule has 1 aromatic rings. The molecule has 1 amide bonds. The van der Waals surface area contributed by atoms with E-state index in [-0.39, 0.29) is 18.4 Å². The van der Waals surface area contributed by atoms with Crippen LogP contribution in [0.3, 0.4) is 0 Å². The summed E-state index contributed by atoms with van der Waals surface area (Å²) in [6, 6.07) is 5.30. The van der Waals surface area contributed by atoms with Gasteiger partial charge in [0.1, 0.15) is 13.7 Å². The van der Waals surface area contributed by atoms with Crippen molar-refractivity contribution in [2.45, 2.75) is 13.8 Å². The molecular weight excluding hydrogens is 298 g/mol. The number of carbonyl (C=O) groups is 1. The van der Waals surface area contributed by atoms with Gasteiger partial charge >= 0.3 is 0 Å². The van der Waals surface area contributed by atoms with Crippen LogP contribution in [0.25, 0.3) is 10.4 Å². The molecule has 0 aliphatic rings. The summed E-state index contributed by atoms with van der Waals surface area (Å²) >= 11 is 0. The minimum Gasteiger partial charge on any atom is -0.399 e. The summed E-state index contributed by atoms with van der Waals surface area (Å²) in [4.78, 5) is 21.5. The van der Waals surface area contributed by atoms with Crippen LogP contribution in [0.15, 0.2) is 28.5 Å². The van der Waals surface area contributed by atoms with Crippen LogP contribution >= 0.6 is 0 Å². The Bertz CT molecular complexity index is 611. The number of ether oxygens (including phenoxy) is 1. The minimum absolute atomic E-state index is 0.0609. The lowest BCUT2D eigenvalue weighted by Gasteiger charge is -2.27. The van der Waals surface area contributed by atoms with Crippen LogP contribution in [0.4, 0.5) is 11.4 Å². The second-order valence-corrected chi connectivity index (χ2v) is 4.98. The van der Waals surface area contributed by atoms with E-state index in [2.05, 4.69) is 20.0 Å². The molecule has 0 bridgehead atoms. The van der Waals surface area contributed by atoms with Crippen molar-refractivity contribution < 1.29 is 14.4 Å². The molecule has 0 aromatic heterocycles. The third kappa shape index (κ3) is 5.28. The van der Waals surface area contributed by atoms with Crippen LogP contribution in [0.2, 0.25) is 0 Å². The lowest BCUT2D eigenvalue weighted by atomic mass is 10.1. The molecule has 0 saturated heterocycles. The Balaban J connectivity index is 3.26. The molecule has 0 aliphatic heterocycles. The average molecular weight is 319 g/mol. The third-order valence-corrected chi connectivity index (χ3v) is 3.10. The number of hydrogen-bond acceptors (Lipinski definition) is 5. The molecule has 1 rings (SSSR count). The predicted molar refractivity (Wildman–Crippen MR) is 88.9 cm³/mol. The van der Waals surface area contributed by atoms with Gasteiger partial charge in [-0.15, -0.1) is 0 Å². The van der Waals surface area contributed by atoms with Crippen molar-refractivity contribution in [2.75, 3.05) is 32.3 Å². The van der Waals surface area contributed by atoms with Gasteiger partial charge in [-0.3, -0.25) is 4.79 Å². The summed E-state index contributed by atoms with van der Waals surface area (Å²) in [6.45, 7) is 4.04. The van der Waals surface area contributed by atoms with Crippen molar-refractivity contribution in [3.8, 4) is 0 Å². The van der Waals surface area contributed by atoms with Crippen LogP contribution in [0.1, 0.15) is 12.5 Å². The molecule has 0 aliphatic carbocycles. The number of carbonyl (C=O) groups excluding carboxylic acids is 1. The number of azide groups is 1. The van der Waals surface area contributed by atoms with Gasteiger partial charge in [-0.25, -0.2) is 0 Å². The summed E-state index contributed by atoms with van der Waals surface area (Å²) in [7, 11) is 2.91. The normalized spacial score (nSPS) is 11.8. The van der Waals surface area contributed by atoms with Gasteiger partial charge in [-0.05, 0) is 18.0 Å². The quantitative estimate of drug-likeness (QED) is 0.242. The molecule has 1 atom stereocenters. The maximum atomic E-state index is 12.5. The molecule has 124 valence electrons. The second kappa shape index (κ2) is 9.45. The minimum atomic E-state index is -0.228. The summed E-state index contributed by atoms with van der Waals surface area (Å²) in [5, 5.41) is 7.42. The first-order valence-corrected chi connectivity index (χ1v) is 7.05. The SMILES string of the molecule is COCC(=O)N(CC(C)C=NOC)c1c(C)cccc1N=[N+]=[N-]. The maximum absolute atomic E-state index is 12.5. The Hall–Kier alpha value is -2.57. The smallest absolute Gasteiger partial charge is 0.252 e. The van der Waals surface area contributed by atoms with Gasteiger partial charge in [0.2, 0.25) is 0 Å². The highest BCUT2D eigenvalue weighted by molar-refractivity contribution is 5.98. The summed E-state index contributed by atoms with van der Waals surface area (Å²) in [5.41, 5.74) is 10.5. The topological polar surface area (TPSA) is 99.9 Å². The van der Waals surface area contributed by atoms with Crippen molar-refractivity contribution in [2.24, 2.45) is 16.2 Å². The van der Waals surface area contributed by atoms with Gasteiger partial charge in [0.25, 0.3) is 5.91 Å². The first-order valence-electron chi connectivity index (χ1n) is 7.05. The van der Waals surface area contributed by atoms with Crippen molar-refractivity contribution in [3.05, 3.63) is 34.2 Å². The fourth-order valence-corrected chi connectivity index (χ4v) is 2.14. The molecule has 0 saturated carbocycles. The molecule has 23 heavy (non-hydrogen) atoms. The summed E-state index contributed by atoms with van der Waals surface area (Å²) in [6.07, 6.45) is 1.61. The van der Waals surface area contributed by atoms with Crippen LogP contribution in [-0.2, 0) is 14.4 Å². The van der Waals surface area contributed by atoms with E-state index in [0.717, 1.165) is 5.56 Å². The fraction of sp³-hybridized carbons (Fsp3) is 0.467. The highest BCUT2D eigenvalue weighted by atomic mass is 16.6. The van der Waals surface area contributed by atoms with Crippen molar-refractivity contribution in [1.82, 2.24) is 0 Å². The number of aryl methyl sites for hydroxylation is 1. The van der Waals surface area contributed by atoms with Gasteiger partial charge in [-0.1, -0.05) is 35.4 Å². The molecule has 0 spiro atoms. The average Bonchev–Trinajstić information content (AvgIpc) is 2.52. The number of nitrogens with zero attached hydrogens (tertiary/aromatic N) is 5. The van der Waals surface area contributed by atoms with Crippen molar-refractivity contribution in [1.29, 1.82) is 0 Å². The number of hydrogen-bond donors (Lipinski definition) is 0. The zero-order valence-electron chi connectivity index (χ0n) is 13.8. The maximum Gasteiger partial charge on any atom is 0.252 e. The molecule has 8 nitrogen and oxygen atoms in total. The number of oxime groups is 1.